The minimum absolute atomic E-state index is 0.0964. The van der Waals surface area contributed by atoms with Gasteiger partial charge >= 0.3 is 6.18 Å². The number of hydrogen-bond donors (Lipinski definition) is 0. The molecule has 1 nitrogen and oxygen atoms in total. The lowest BCUT2D eigenvalue weighted by atomic mass is 10.1. The van der Waals surface area contributed by atoms with Crippen LogP contribution in [0, 0.1) is 6.92 Å². The molecule has 0 amide bonds. The van der Waals surface area contributed by atoms with Crippen LogP contribution in [-0.4, -0.2) is 6.18 Å². The SMILES string of the molecule is Cc1ccc(OC2=C=CC(C(F)(F)F)=CC2)cc1. The van der Waals surface area contributed by atoms with Crippen LogP contribution in [0.2, 0.25) is 0 Å². The second kappa shape index (κ2) is 4.75. The van der Waals surface area contributed by atoms with E-state index in [-0.39, 0.29) is 6.42 Å². The van der Waals surface area contributed by atoms with Gasteiger partial charge in [-0.1, -0.05) is 29.5 Å². The van der Waals surface area contributed by atoms with Gasteiger partial charge in [0.1, 0.15) is 11.5 Å². The minimum Gasteiger partial charge on any atom is -0.453 e. The van der Waals surface area contributed by atoms with Gasteiger partial charge in [0.25, 0.3) is 0 Å². The first-order valence-corrected chi connectivity index (χ1v) is 5.42. The second-order valence-corrected chi connectivity index (χ2v) is 3.99. The van der Waals surface area contributed by atoms with E-state index >= 15 is 0 Å². The summed E-state index contributed by atoms with van der Waals surface area (Å²) in [5.74, 6) is 0.979. The van der Waals surface area contributed by atoms with E-state index in [4.69, 9.17) is 4.74 Å². The minimum atomic E-state index is -4.32. The monoisotopic (exact) mass is 252 g/mol. The molecular weight excluding hydrogens is 241 g/mol. The van der Waals surface area contributed by atoms with Crippen LogP contribution in [0.1, 0.15) is 12.0 Å². The summed E-state index contributed by atoms with van der Waals surface area (Å²) in [6.45, 7) is 1.95. The Bertz CT molecular complexity index is 529. The van der Waals surface area contributed by atoms with Gasteiger partial charge in [0, 0.05) is 6.42 Å². The Labute approximate surface area is 103 Å². The quantitative estimate of drug-likeness (QED) is 0.713. The number of ether oxygens (including phenoxy) is 1. The van der Waals surface area contributed by atoms with Crippen molar-refractivity contribution < 1.29 is 17.9 Å². The van der Waals surface area contributed by atoms with E-state index in [9.17, 15) is 13.2 Å². The number of aryl methyl sites for hydroxylation is 1. The summed E-state index contributed by atoms with van der Waals surface area (Å²) in [5.41, 5.74) is 2.93. The summed E-state index contributed by atoms with van der Waals surface area (Å²) in [7, 11) is 0. The Kier molecular flexibility index (Phi) is 3.30. The number of halogens is 3. The second-order valence-electron chi connectivity index (χ2n) is 3.99. The third kappa shape index (κ3) is 3.05. The molecule has 2 rings (SSSR count). The Balaban J connectivity index is 2.10. The van der Waals surface area contributed by atoms with Gasteiger partial charge in [0.15, 0.2) is 0 Å². The van der Waals surface area contributed by atoms with Crippen LogP contribution in [0.25, 0.3) is 0 Å². The molecule has 0 atom stereocenters. The molecule has 1 aromatic rings. The van der Waals surface area contributed by atoms with E-state index in [0.29, 0.717) is 11.5 Å². The number of alkyl halides is 3. The number of allylic oxidation sites excluding steroid dienone is 2. The molecule has 0 heterocycles. The zero-order chi connectivity index (χ0) is 13.2. The van der Waals surface area contributed by atoms with Gasteiger partial charge in [-0.25, -0.2) is 0 Å². The maximum atomic E-state index is 12.4. The maximum absolute atomic E-state index is 12.4. The van der Waals surface area contributed by atoms with Crippen molar-refractivity contribution >= 4 is 0 Å². The van der Waals surface area contributed by atoms with E-state index in [1.54, 1.807) is 12.1 Å². The van der Waals surface area contributed by atoms with Crippen LogP contribution in [0.5, 0.6) is 5.75 Å². The van der Waals surface area contributed by atoms with Crippen LogP contribution < -0.4 is 4.74 Å². The lowest BCUT2D eigenvalue weighted by molar-refractivity contribution is -0.0885. The summed E-state index contributed by atoms with van der Waals surface area (Å²) >= 11 is 0. The molecule has 0 radical (unpaired) electrons. The molecule has 0 saturated heterocycles. The number of benzene rings is 1. The van der Waals surface area contributed by atoms with Gasteiger partial charge in [-0.05, 0) is 25.1 Å². The van der Waals surface area contributed by atoms with Crippen molar-refractivity contribution in [3.63, 3.8) is 0 Å². The molecule has 1 aliphatic carbocycles. The van der Waals surface area contributed by atoms with Crippen molar-refractivity contribution in [1.82, 2.24) is 0 Å². The largest absolute Gasteiger partial charge is 0.453 e. The van der Waals surface area contributed by atoms with Crippen molar-refractivity contribution in [3.8, 4) is 5.75 Å². The van der Waals surface area contributed by atoms with Crippen LogP contribution >= 0.6 is 0 Å². The molecule has 1 aliphatic rings. The molecule has 0 fully saturated rings. The van der Waals surface area contributed by atoms with Crippen molar-refractivity contribution in [2.24, 2.45) is 0 Å². The van der Waals surface area contributed by atoms with Crippen molar-refractivity contribution in [2.75, 3.05) is 0 Å². The first-order chi connectivity index (χ1) is 8.45. The van der Waals surface area contributed by atoms with Gasteiger partial charge in [-0.3, -0.25) is 0 Å². The predicted octanol–water partition coefficient (Wildman–Crippen LogP) is 4.31. The Hall–Kier alpha value is -1.93. The molecule has 1 aromatic carbocycles. The van der Waals surface area contributed by atoms with Crippen LogP contribution in [-0.2, 0) is 0 Å². The highest BCUT2D eigenvalue weighted by Gasteiger charge is 2.32. The molecule has 0 spiro atoms. The summed E-state index contributed by atoms with van der Waals surface area (Å²) < 4.78 is 42.5. The summed E-state index contributed by atoms with van der Waals surface area (Å²) in [5, 5.41) is 0. The fourth-order valence-corrected chi connectivity index (χ4v) is 1.50. The molecule has 18 heavy (non-hydrogen) atoms. The first-order valence-electron chi connectivity index (χ1n) is 5.42. The van der Waals surface area contributed by atoms with E-state index in [1.807, 2.05) is 19.1 Å². The van der Waals surface area contributed by atoms with Crippen LogP contribution in [0.15, 0.2) is 53.5 Å². The number of rotatable bonds is 2. The van der Waals surface area contributed by atoms with E-state index in [0.717, 1.165) is 17.7 Å². The van der Waals surface area contributed by atoms with E-state index in [1.165, 1.54) is 0 Å². The van der Waals surface area contributed by atoms with E-state index < -0.39 is 11.7 Å². The summed E-state index contributed by atoms with van der Waals surface area (Å²) in [6.07, 6.45) is -2.21. The third-order valence-corrected chi connectivity index (χ3v) is 2.49. The zero-order valence-electron chi connectivity index (χ0n) is 9.71. The van der Waals surface area contributed by atoms with Gasteiger partial charge in [0.2, 0.25) is 0 Å². The van der Waals surface area contributed by atoms with Crippen LogP contribution in [0.4, 0.5) is 13.2 Å². The smallest absolute Gasteiger partial charge is 0.416 e. The molecule has 0 aromatic heterocycles. The molecule has 0 saturated carbocycles. The molecule has 0 bridgehead atoms. The normalized spacial score (nSPS) is 15.1. The molecule has 94 valence electrons. The highest BCUT2D eigenvalue weighted by atomic mass is 19.4. The van der Waals surface area contributed by atoms with Gasteiger partial charge in [0.05, 0.1) is 5.57 Å². The highest BCUT2D eigenvalue weighted by molar-refractivity contribution is 5.32. The summed E-state index contributed by atoms with van der Waals surface area (Å²) in [4.78, 5) is 0. The Morgan fingerprint density at radius 3 is 2.33 bits per heavy atom. The highest BCUT2D eigenvalue weighted by Crippen LogP contribution is 2.29. The molecule has 0 aliphatic heterocycles. The van der Waals surface area contributed by atoms with Crippen molar-refractivity contribution in [1.29, 1.82) is 0 Å². The fraction of sp³-hybridized carbons (Fsp3) is 0.214. The topological polar surface area (TPSA) is 9.23 Å². The Morgan fingerprint density at radius 2 is 1.83 bits per heavy atom. The number of hydrogen-bond acceptors (Lipinski definition) is 1. The lowest BCUT2D eigenvalue weighted by Crippen LogP contribution is -2.11. The molecule has 0 unspecified atom stereocenters. The summed E-state index contributed by atoms with van der Waals surface area (Å²) in [6, 6.07) is 7.29. The Morgan fingerprint density at radius 1 is 1.17 bits per heavy atom. The molecule has 0 N–H and O–H groups in total. The van der Waals surface area contributed by atoms with Gasteiger partial charge in [-0.15, -0.1) is 0 Å². The van der Waals surface area contributed by atoms with Crippen LogP contribution in [0.3, 0.4) is 0 Å². The maximum Gasteiger partial charge on any atom is 0.416 e. The fourth-order valence-electron chi connectivity index (χ4n) is 1.50. The molecule has 4 heteroatoms. The molecular formula is C14H11F3O. The average Bonchev–Trinajstić information content (AvgIpc) is 2.32. The zero-order valence-corrected chi connectivity index (χ0v) is 9.71. The average molecular weight is 252 g/mol. The first kappa shape index (κ1) is 12.5. The van der Waals surface area contributed by atoms with Gasteiger partial charge < -0.3 is 4.74 Å². The van der Waals surface area contributed by atoms with Crippen molar-refractivity contribution in [2.45, 2.75) is 19.5 Å². The standard InChI is InChI=1S/C14H11F3O/c1-10-2-6-12(7-3-10)18-13-8-4-11(5-9-13)14(15,16)17/h2-7H,8H2,1H3. The predicted molar refractivity (Wildman–Crippen MR) is 62.2 cm³/mol. The van der Waals surface area contributed by atoms with Gasteiger partial charge in [-0.2, -0.15) is 13.2 Å². The third-order valence-electron chi connectivity index (χ3n) is 2.49. The lowest BCUT2D eigenvalue weighted by Gasteiger charge is -2.12. The van der Waals surface area contributed by atoms with E-state index in [2.05, 4.69) is 5.73 Å². The van der Waals surface area contributed by atoms with Crippen molar-refractivity contribution in [3.05, 3.63) is 59.0 Å².